The standard InChI is InChI=1S/C16H17BrClN/c1-10-4-5-13(6-11(10)2)9-19-16-8-15(18)12(3)7-14(16)17/h4-8,19H,9H2,1-3H3. The molecule has 0 unspecified atom stereocenters. The first-order valence-electron chi connectivity index (χ1n) is 6.23. The molecule has 0 radical (unpaired) electrons. The Bertz CT molecular complexity index is 608. The van der Waals surface area contributed by atoms with Gasteiger partial charge < -0.3 is 5.32 Å². The van der Waals surface area contributed by atoms with Gasteiger partial charge in [-0.15, -0.1) is 0 Å². The molecule has 0 atom stereocenters. The van der Waals surface area contributed by atoms with Gasteiger partial charge in [-0.25, -0.2) is 0 Å². The maximum atomic E-state index is 6.15. The molecule has 19 heavy (non-hydrogen) atoms. The zero-order chi connectivity index (χ0) is 14.0. The van der Waals surface area contributed by atoms with E-state index in [1.165, 1.54) is 16.7 Å². The van der Waals surface area contributed by atoms with Crippen molar-refractivity contribution in [2.75, 3.05) is 5.32 Å². The molecule has 0 aliphatic carbocycles. The first-order chi connectivity index (χ1) is 8.97. The van der Waals surface area contributed by atoms with Crippen LogP contribution >= 0.6 is 27.5 Å². The third-order valence-electron chi connectivity index (χ3n) is 3.30. The lowest BCUT2D eigenvalue weighted by molar-refractivity contribution is 1.13. The summed E-state index contributed by atoms with van der Waals surface area (Å²) in [5, 5.41) is 4.20. The predicted octanol–water partition coefficient (Wildman–Crippen LogP) is 5.64. The molecule has 0 fully saturated rings. The first-order valence-corrected chi connectivity index (χ1v) is 7.40. The van der Waals surface area contributed by atoms with E-state index in [0.29, 0.717) is 0 Å². The number of benzene rings is 2. The number of nitrogens with one attached hydrogen (secondary N) is 1. The molecule has 3 heteroatoms. The van der Waals surface area contributed by atoms with Gasteiger partial charge in [0, 0.05) is 16.0 Å². The molecule has 0 saturated heterocycles. The average molecular weight is 339 g/mol. The maximum Gasteiger partial charge on any atom is 0.0502 e. The van der Waals surface area contributed by atoms with Crippen LogP contribution in [0.3, 0.4) is 0 Å². The highest BCUT2D eigenvalue weighted by Crippen LogP contribution is 2.29. The van der Waals surface area contributed by atoms with E-state index in [9.17, 15) is 0 Å². The van der Waals surface area contributed by atoms with E-state index in [4.69, 9.17) is 11.6 Å². The van der Waals surface area contributed by atoms with Gasteiger partial charge in [-0.05, 0) is 71.1 Å². The number of halogens is 2. The number of anilines is 1. The molecule has 0 aliphatic rings. The summed E-state index contributed by atoms with van der Waals surface area (Å²) in [6.45, 7) is 7.06. The molecule has 1 nitrogen and oxygen atoms in total. The van der Waals surface area contributed by atoms with Crippen molar-refractivity contribution in [2.45, 2.75) is 27.3 Å². The van der Waals surface area contributed by atoms with Crippen LogP contribution < -0.4 is 5.32 Å². The molecule has 2 aromatic rings. The Hall–Kier alpha value is -0.990. The zero-order valence-corrected chi connectivity index (χ0v) is 13.7. The largest absolute Gasteiger partial charge is 0.380 e. The number of rotatable bonds is 3. The fraction of sp³-hybridized carbons (Fsp3) is 0.250. The van der Waals surface area contributed by atoms with Crippen LogP contribution in [-0.2, 0) is 6.54 Å². The summed E-state index contributed by atoms with van der Waals surface area (Å²) < 4.78 is 1.04. The SMILES string of the molecule is Cc1ccc(CNc2cc(Cl)c(C)cc2Br)cc1C. The highest BCUT2D eigenvalue weighted by Gasteiger charge is 2.04. The molecule has 0 saturated carbocycles. The Kier molecular flexibility index (Phi) is 4.54. The minimum atomic E-state index is 0.783. The zero-order valence-electron chi connectivity index (χ0n) is 11.3. The van der Waals surface area contributed by atoms with Crippen molar-refractivity contribution in [1.29, 1.82) is 0 Å². The average Bonchev–Trinajstić information content (AvgIpc) is 2.36. The summed E-state index contributed by atoms with van der Waals surface area (Å²) in [7, 11) is 0. The van der Waals surface area contributed by atoms with Crippen LogP contribution in [0.15, 0.2) is 34.8 Å². The molecular formula is C16H17BrClN. The monoisotopic (exact) mass is 337 g/mol. The number of aryl methyl sites for hydroxylation is 3. The van der Waals surface area contributed by atoms with E-state index in [-0.39, 0.29) is 0 Å². The van der Waals surface area contributed by atoms with Gasteiger partial charge in [0.2, 0.25) is 0 Å². The van der Waals surface area contributed by atoms with Crippen molar-refractivity contribution in [2.24, 2.45) is 0 Å². The lowest BCUT2D eigenvalue weighted by atomic mass is 10.1. The van der Waals surface area contributed by atoms with E-state index < -0.39 is 0 Å². The third kappa shape index (κ3) is 3.52. The molecule has 0 aliphatic heterocycles. The Morgan fingerprint density at radius 1 is 1.00 bits per heavy atom. The Morgan fingerprint density at radius 2 is 1.74 bits per heavy atom. The van der Waals surface area contributed by atoms with Gasteiger partial charge in [0.1, 0.15) is 0 Å². The van der Waals surface area contributed by atoms with Crippen molar-refractivity contribution in [3.63, 3.8) is 0 Å². The van der Waals surface area contributed by atoms with Gasteiger partial charge in [0.25, 0.3) is 0 Å². The van der Waals surface area contributed by atoms with Crippen molar-refractivity contribution in [3.05, 3.63) is 62.1 Å². The summed E-state index contributed by atoms with van der Waals surface area (Å²) in [6.07, 6.45) is 0. The normalized spacial score (nSPS) is 10.6. The van der Waals surface area contributed by atoms with Crippen LogP contribution in [0.4, 0.5) is 5.69 Å². The fourth-order valence-electron chi connectivity index (χ4n) is 1.89. The van der Waals surface area contributed by atoms with Crippen molar-refractivity contribution < 1.29 is 0 Å². The number of hydrogen-bond acceptors (Lipinski definition) is 1. The summed E-state index contributed by atoms with van der Waals surface area (Å²) >= 11 is 9.71. The van der Waals surface area contributed by atoms with E-state index >= 15 is 0 Å². The molecule has 0 spiro atoms. The van der Waals surface area contributed by atoms with Gasteiger partial charge >= 0.3 is 0 Å². The van der Waals surface area contributed by atoms with Crippen molar-refractivity contribution in [3.8, 4) is 0 Å². The summed E-state index contributed by atoms with van der Waals surface area (Å²) in [5.41, 5.74) is 6.01. The van der Waals surface area contributed by atoms with Crippen molar-refractivity contribution >= 4 is 33.2 Å². The van der Waals surface area contributed by atoms with E-state index in [1.54, 1.807) is 0 Å². The lowest BCUT2D eigenvalue weighted by Crippen LogP contribution is -2.01. The summed E-state index contributed by atoms with van der Waals surface area (Å²) in [6, 6.07) is 10.5. The van der Waals surface area contributed by atoms with Crippen molar-refractivity contribution in [1.82, 2.24) is 0 Å². The summed E-state index contributed by atoms with van der Waals surface area (Å²) in [4.78, 5) is 0. The van der Waals surface area contributed by atoms with E-state index in [0.717, 1.165) is 27.3 Å². The lowest BCUT2D eigenvalue weighted by Gasteiger charge is -2.11. The molecule has 2 aromatic carbocycles. The second-order valence-corrected chi connectivity index (χ2v) is 6.11. The Morgan fingerprint density at radius 3 is 2.42 bits per heavy atom. The van der Waals surface area contributed by atoms with E-state index in [2.05, 4.69) is 53.3 Å². The van der Waals surface area contributed by atoms with Crippen LogP contribution in [0.25, 0.3) is 0 Å². The third-order valence-corrected chi connectivity index (χ3v) is 4.37. The molecule has 1 N–H and O–H groups in total. The highest BCUT2D eigenvalue weighted by atomic mass is 79.9. The molecule has 0 heterocycles. The molecule has 100 valence electrons. The van der Waals surface area contributed by atoms with Crippen LogP contribution in [0, 0.1) is 20.8 Å². The Labute approximate surface area is 128 Å². The Balaban J connectivity index is 2.14. The van der Waals surface area contributed by atoms with Gasteiger partial charge in [0.15, 0.2) is 0 Å². The first kappa shape index (κ1) is 14.4. The highest BCUT2D eigenvalue weighted by molar-refractivity contribution is 9.10. The quantitative estimate of drug-likeness (QED) is 0.763. The topological polar surface area (TPSA) is 12.0 Å². The van der Waals surface area contributed by atoms with Crippen LogP contribution in [0.1, 0.15) is 22.3 Å². The molecule has 0 bridgehead atoms. The van der Waals surface area contributed by atoms with Gasteiger partial charge in [0.05, 0.1) is 5.69 Å². The minimum absolute atomic E-state index is 0.783. The second kappa shape index (κ2) is 5.98. The minimum Gasteiger partial charge on any atom is -0.380 e. The molecule has 2 rings (SSSR count). The predicted molar refractivity (Wildman–Crippen MR) is 87.1 cm³/mol. The van der Waals surface area contributed by atoms with Crippen LogP contribution in [-0.4, -0.2) is 0 Å². The van der Waals surface area contributed by atoms with Gasteiger partial charge in [-0.3, -0.25) is 0 Å². The van der Waals surface area contributed by atoms with Crippen LogP contribution in [0.5, 0.6) is 0 Å². The van der Waals surface area contributed by atoms with E-state index in [1.807, 2.05) is 19.1 Å². The fourth-order valence-corrected chi connectivity index (χ4v) is 2.65. The number of hydrogen-bond donors (Lipinski definition) is 1. The molecular weight excluding hydrogens is 322 g/mol. The maximum absolute atomic E-state index is 6.15. The van der Waals surface area contributed by atoms with Crippen LogP contribution in [0.2, 0.25) is 5.02 Å². The van der Waals surface area contributed by atoms with Gasteiger partial charge in [-0.1, -0.05) is 29.8 Å². The molecule has 0 amide bonds. The van der Waals surface area contributed by atoms with Gasteiger partial charge in [-0.2, -0.15) is 0 Å². The summed E-state index contributed by atoms with van der Waals surface area (Å²) in [5.74, 6) is 0. The second-order valence-electron chi connectivity index (χ2n) is 4.85. The molecule has 0 aromatic heterocycles. The smallest absolute Gasteiger partial charge is 0.0502 e.